The van der Waals surface area contributed by atoms with Crippen LogP contribution in [0.5, 0.6) is 0 Å². The molecule has 0 fully saturated rings. The normalized spacial score (nSPS) is 17.8. The second-order valence-corrected chi connectivity index (χ2v) is 5.65. The van der Waals surface area contributed by atoms with Crippen molar-refractivity contribution in [2.45, 2.75) is 19.9 Å². The lowest BCUT2D eigenvalue weighted by molar-refractivity contribution is 0.200. The minimum Gasteiger partial charge on any atom is -0.346 e. The molecule has 1 aliphatic rings. The van der Waals surface area contributed by atoms with Crippen molar-refractivity contribution in [1.29, 1.82) is 0 Å². The molecule has 6 nitrogen and oxygen atoms in total. The number of hydrogen-bond donors (Lipinski definition) is 3. The van der Waals surface area contributed by atoms with Crippen molar-refractivity contribution < 1.29 is 4.79 Å². The van der Waals surface area contributed by atoms with Crippen LogP contribution in [0.4, 0.5) is 4.79 Å². The highest BCUT2D eigenvalue weighted by Gasteiger charge is 2.19. The van der Waals surface area contributed by atoms with Crippen molar-refractivity contribution in [3.05, 3.63) is 36.2 Å². The average Bonchev–Trinajstić information content (AvgIpc) is 3.00. The van der Waals surface area contributed by atoms with E-state index < -0.39 is 0 Å². The van der Waals surface area contributed by atoms with Gasteiger partial charge in [0, 0.05) is 49.5 Å². The molecule has 2 aromatic rings. The van der Waals surface area contributed by atoms with E-state index in [-0.39, 0.29) is 12.1 Å². The third-order valence-electron chi connectivity index (χ3n) is 4.24. The number of nitrogens with one attached hydrogen (secondary N) is 3. The lowest BCUT2D eigenvalue weighted by atomic mass is 10.0. The summed E-state index contributed by atoms with van der Waals surface area (Å²) in [5.41, 5.74) is 3.21. The molecule has 1 unspecified atom stereocenters. The fourth-order valence-corrected chi connectivity index (χ4v) is 2.98. The predicted molar refractivity (Wildman–Crippen MR) is 92.2 cm³/mol. The van der Waals surface area contributed by atoms with Crippen LogP contribution in [0.15, 0.2) is 30.6 Å². The number of H-pyrrole nitrogens is 1. The Balaban J connectivity index is 1.80. The SMILES string of the molecule is CCN(CC)C(=O)NC1C=C(c2c[nH]c3ncccc23)CNC1. The van der Waals surface area contributed by atoms with Gasteiger partial charge in [0.25, 0.3) is 0 Å². The first-order valence-corrected chi connectivity index (χ1v) is 8.12. The molecule has 1 atom stereocenters. The summed E-state index contributed by atoms with van der Waals surface area (Å²) in [5.74, 6) is 0. The maximum Gasteiger partial charge on any atom is 0.317 e. The van der Waals surface area contributed by atoms with E-state index in [0.717, 1.165) is 29.7 Å². The number of urea groups is 1. The molecule has 0 bridgehead atoms. The molecule has 0 aromatic carbocycles. The van der Waals surface area contributed by atoms with Crippen LogP contribution in [0.2, 0.25) is 0 Å². The van der Waals surface area contributed by atoms with E-state index in [0.29, 0.717) is 13.1 Å². The largest absolute Gasteiger partial charge is 0.346 e. The molecule has 0 spiro atoms. The van der Waals surface area contributed by atoms with Gasteiger partial charge in [-0.3, -0.25) is 0 Å². The average molecular weight is 313 g/mol. The van der Waals surface area contributed by atoms with Gasteiger partial charge in [-0.05, 0) is 31.6 Å². The standard InChI is InChI=1S/C17H23N5O/c1-3-22(4-2)17(23)21-13-8-12(9-18-10-13)15-11-20-16-14(15)6-5-7-19-16/h5-8,11,13,18H,3-4,9-10H2,1-2H3,(H,19,20)(H,21,23). The highest BCUT2D eigenvalue weighted by atomic mass is 16.2. The van der Waals surface area contributed by atoms with Gasteiger partial charge in [0.1, 0.15) is 5.65 Å². The minimum absolute atomic E-state index is 0.00604. The van der Waals surface area contributed by atoms with Crippen LogP contribution in [0.1, 0.15) is 19.4 Å². The molecule has 0 saturated heterocycles. The van der Waals surface area contributed by atoms with Gasteiger partial charge in [0.15, 0.2) is 0 Å². The number of fused-ring (bicyclic) bond motifs is 1. The summed E-state index contributed by atoms with van der Waals surface area (Å²) in [6.45, 7) is 6.95. The van der Waals surface area contributed by atoms with E-state index in [9.17, 15) is 4.79 Å². The number of amides is 2. The number of aromatic amines is 1. The van der Waals surface area contributed by atoms with Crippen LogP contribution >= 0.6 is 0 Å². The second-order valence-electron chi connectivity index (χ2n) is 5.65. The highest BCUT2D eigenvalue weighted by molar-refractivity contribution is 5.91. The minimum atomic E-state index is -0.0140. The second kappa shape index (κ2) is 6.83. The van der Waals surface area contributed by atoms with Crippen molar-refractivity contribution in [3.63, 3.8) is 0 Å². The third-order valence-corrected chi connectivity index (χ3v) is 4.24. The quantitative estimate of drug-likeness (QED) is 0.808. The van der Waals surface area contributed by atoms with Gasteiger partial charge in [-0.2, -0.15) is 0 Å². The molecule has 2 aromatic heterocycles. The topological polar surface area (TPSA) is 73.0 Å². The van der Waals surface area contributed by atoms with Crippen LogP contribution in [-0.4, -0.2) is 53.1 Å². The van der Waals surface area contributed by atoms with E-state index in [4.69, 9.17) is 0 Å². The van der Waals surface area contributed by atoms with Crippen LogP contribution < -0.4 is 10.6 Å². The molecule has 1 aliphatic heterocycles. The van der Waals surface area contributed by atoms with Gasteiger partial charge in [-0.1, -0.05) is 6.08 Å². The molecular formula is C17H23N5O. The summed E-state index contributed by atoms with van der Waals surface area (Å²) >= 11 is 0. The molecule has 0 saturated carbocycles. The zero-order valence-corrected chi connectivity index (χ0v) is 13.6. The molecule has 0 radical (unpaired) electrons. The van der Waals surface area contributed by atoms with Gasteiger partial charge >= 0.3 is 6.03 Å². The number of pyridine rings is 1. The maximum atomic E-state index is 12.2. The van der Waals surface area contributed by atoms with Crippen molar-refractivity contribution in [2.24, 2.45) is 0 Å². The lowest BCUT2D eigenvalue weighted by Crippen LogP contribution is -2.49. The predicted octanol–water partition coefficient (Wildman–Crippen LogP) is 1.97. The van der Waals surface area contributed by atoms with E-state index in [1.54, 1.807) is 11.1 Å². The van der Waals surface area contributed by atoms with E-state index in [1.165, 1.54) is 5.57 Å². The first-order valence-electron chi connectivity index (χ1n) is 8.12. The Kier molecular flexibility index (Phi) is 4.62. The maximum absolute atomic E-state index is 12.2. The molecule has 3 rings (SSSR count). The van der Waals surface area contributed by atoms with Crippen LogP contribution in [0.25, 0.3) is 16.6 Å². The van der Waals surface area contributed by atoms with Gasteiger partial charge in [0.2, 0.25) is 0 Å². The molecular weight excluding hydrogens is 290 g/mol. The zero-order chi connectivity index (χ0) is 16.2. The van der Waals surface area contributed by atoms with E-state index in [1.807, 2.05) is 26.1 Å². The Labute approximate surface area is 136 Å². The van der Waals surface area contributed by atoms with Crippen molar-refractivity contribution >= 4 is 22.6 Å². The van der Waals surface area contributed by atoms with E-state index in [2.05, 4.69) is 32.7 Å². The van der Waals surface area contributed by atoms with Gasteiger partial charge < -0.3 is 20.5 Å². The fraction of sp³-hybridized carbons (Fsp3) is 0.412. The number of nitrogens with zero attached hydrogens (tertiary/aromatic N) is 2. The summed E-state index contributed by atoms with van der Waals surface area (Å²) in [6, 6.07) is 3.98. The third kappa shape index (κ3) is 3.22. The summed E-state index contributed by atoms with van der Waals surface area (Å²) in [7, 11) is 0. The fourth-order valence-electron chi connectivity index (χ4n) is 2.98. The number of hydrogen-bond acceptors (Lipinski definition) is 3. The molecule has 2 amide bonds. The van der Waals surface area contributed by atoms with Crippen molar-refractivity contribution in [3.8, 4) is 0 Å². The number of carbonyl (C=O) groups excluding carboxylic acids is 1. The lowest BCUT2D eigenvalue weighted by Gasteiger charge is -2.26. The molecule has 23 heavy (non-hydrogen) atoms. The molecule has 3 N–H and O–H groups in total. The van der Waals surface area contributed by atoms with Gasteiger partial charge in [0.05, 0.1) is 6.04 Å². The Bertz CT molecular complexity index is 717. The van der Waals surface area contributed by atoms with Crippen LogP contribution in [-0.2, 0) is 0 Å². The number of carbonyl (C=O) groups is 1. The molecule has 6 heteroatoms. The van der Waals surface area contributed by atoms with Gasteiger partial charge in [-0.15, -0.1) is 0 Å². The van der Waals surface area contributed by atoms with Crippen molar-refractivity contribution in [2.75, 3.05) is 26.2 Å². The van der Waals surface area contributed by atoms with Crippen molar-refractivity contribution in [1.82, 2.24) is 25.5 Å². The summed E-state index contributed by atoms with van der Waals surface area (Å²) in [5, 5.41) is 7.57. The monoisotopic (exact) mass is 313 g/mol. The number of rotatable bonds is 4. The summed E-state index contributed by atoms with van der Waals surface area (Å²) in [4.78, 5) is 21.5. The Morgan fingerprint density at radius 2 is 2.26 bits per heavy atom. The first-order chi connectivity index (χ1) is 11.2. The Hall–Kier alpha value is -2.34. The molecule has 3 heterocycles. The first kappa shape index (κ1) is 15.6. The van der Waals surface area contributed by atoms with Gasteiger partial charge in [-0.25, -0.2) is 9.78 Å². The highest BCUT2D eigenvalue weighted by Crippen LogP contribution is 2.24. The number of aromatic nitrogens is 2. The zero-order valence-electron chi connectivity index (χ0n) is 13.6. The molecule has 0 aliphatic carbocycles. The molecule has 122 valence electrons. The Morgan fingerprint density at radius 1 is 1.43 bits per heavy atom. The summed E-state index contributed by atoms with van der Waals surface area (Å²) < 4.78 is 0. The smallest absolute Gasteiger partial charge is 0.317 e. The Morgan fingerprint density at radius 3 is 3.04 bits per heavy atom. The van der Waals surface area contributed by atoms with E-state index >= 15 is 0 Å². The summed E-state index contributed by atoms with van der Waals surface area (Å²) in [6.07, 6.45) is 5.91. The van der Waals surface area contributed by atoms with Crippen LogP contribution in [0, 0.1) is 0 Å². The van der Waals surface area contributed by atoms with Crippen LogP contribution in [0.3, 0.4) is 0 Å².